The molecule has 0 aliphatic heterocycles. The fourth-order valence-electron chi connectivity index (χ4n) is 2.57. The Morgan fingerprint density at radius 1 is 0.920 bits per heavy atom. The summed E-state index contributed by atoms with van der Waals surface area (Å²) in [6, 6.07) is 12.7. The summed E-state index contributed by atoms with van der Waals surface area (Å²) >= 11 is 0. The summed E-state index contributed by atoms with van der Waals surface area (Å²) in [5.74, 6) is -0.321. The minimum atomic E-state index is -0.297. The maximum atomic E-state index is 12.5. The van der Waals surface area contributed by atoms with Crippen LogP contribution in [0.4, 0.5) is 5.69 Å². The highest BCUT2D eigenvalue weighted by Crippen LogP contribution is 2.22. The molecule has 0 radical (unpaired) electrons. The van der Waals surface area contributed by atoms with E-state index in [2.05, 4.69) is 17.6 Å². The van der Waals surface area contributed by atoms with Crippen molar-refractivity contribution in [3.05, 3.63) is 64.7 Å². The van der Waals surface area contributed by atoms with Crippen LogP contribution in [0.2, 0.25) is 0 Å². The van der Waals surface area contributed by atoms with E-state index in [9.17, 15) is 9.59 Å². The Kier molecular flexibility index (Phi) is 5.62. The van der Waals surface area contributed by atoms with Gasteiger partial charge in [-0.15, -0.1) is 0 Å². The van der Waals surface area contributed by atoms with Crippen LogP contribution in [0.1, 0.15) is 59.5 Å². The Hall–Kier alpha value is -2.62. The highest BCUT2D eigenvalue weighted by Gasteiger charge is 2.16. The average Bonchev–Trinajstić information content (AvgIpc) is 2.55. The number of anilines is 1. The second-order valence-electron chi connectivity index (χ2n) is 7.20. The topological polar surface area (TPSA) is 58.2 Å². The minimum Gasteiger partial charge on any atom is -0.347 e. The van der Waals surface area contributed by atoms with Crippen LogP contribution in [-0.4, -0.2) is 17.4 Å². The van der Waals surface area contributed by atoms with Crippen molar-refractivity contribution in [2.75, 3.05) is 5.32 Å². The van der Waals surface area contributed by atoms with Gasteiger partial charge in [0, 0.05) is 22.4 Å². The number of nitrogens with one attached hydrogen (secondary N) is 2. The molecule has 0 aliphatic rings. The summed E-state index contributed by atoms with van der Waals surface area (Å²) in [5, 5.41) is 5.90. The van der Waals surface area contributed by atoms with Crippen LogP contribution in [0.25, 0.3) is 0 Å². The highest BCUT2D eigenvalue weighted by molar-refractivity contribution is 6.05. The van der Waals surface area contributed by atoms with E-state index < -0.39 is 0 Å². The van der Waals surface area contributed by atoms with Gasteiger partial charge in [0.2, 0.25) is 0 Å². The Bertz CT molecular complexity index is 771. The summed E-state index contributed by atoms with van der Waals surface area (Å²) < 4.78 is 0. The molecular weight excluding hydrogens is 312 g/mol. The molecule has 0 heterocycles. The van der Waals surface area contributed by atoms with Crippen LogP contribution < -0.4 is 10.6 Å². The summed E-state index contributed by atoms with van der Waals surface area (Å²) in [6.45, 7) is 9.84. The molecule has 4 heteroatoms. The molecule has 0 saturated heterocycles. The van der Waals surface area contributed by atoms with Gasteiger partial charge in [-0.1, -0.05) is 25.1 Å². The number of benzene rings is 2. The van der Waals surface area contributed by atoms with E-state index in [1.807, 2.05) is 45.9 Å². The smallest absolute Gasteiger partial charge is 0.255 e. The number of aryl methyl sites for hydroxylation is 2. The number of rotatable bonds is 4. The van der Waals surface area contributed by atoms with Gasteiger partial charge < -0.3 is 10.6 Å². The van der Waals surface area contributed by atoms with Crippen molar-refractivity contribution in [2.45, 2.75) is 46.6 Å². The zero-order valence-electron chi connectivity index (χ0n) is 15.6. The lowest BCUT2D eigenvalue weighted by molar-refractivity contribution is 0.0918. The quantitative estimate of drug-likeness (QED) is 0.871. The summed E-state index contributed by atoms with van der Waals surface area (Å²) in [5.41, 5.74) is 3.77. The van der Waals surface area contributed by atoms with E-state index in [4.69, 9.17) is 0 Å². The maximum absolute atomic E-state index is 12.5. The monoisotopic (exact) mass is 338 g/mol. The summed E-state index contributed by atoms with van der Waals surface area (Å²) in [6.07, 6.45) is 0.850. The Labute approximate surface area is 149 Å². The van der Waals surface area contributed by atoms with Crippen molar-refractivity contribution in [3.63, 3.8) is 0 Å². The predicted octanol–water partition coefficient (Wildman–Crippen LogP) is 4.34. The summed E-state index contributed by atoms with van der Waals surface area (Å²) in [4.78, 5) is 24.7. The number of hydrogen-bond donors (Lipinski definition) is 2. The van der Waals surface area contributed by atoms with Crippen LogP contribution in [-0.2, 0) is 6.42 Å². The molecule has 0 saturated carbocycles. The predicted molar refractivity (Wildman–Crippen MR) is 102 cm³/mol. The van der Waals surface area contributed by atoms with Gasteiger partial charge >= 0.3 is 0 Å². The minimum absolute atomic E-state index is 0.147. The van der Waals surface area contributed by atoms with E-state index >= 15 is 0 Å². The Morgan fingerprint density at radius 3 is 2.00 bits per heavy atom. The number of carbonyl (C=O) groups excluding carboxylic acids is 2. The molecule has 0 unspecified atom stereocenters. The van der Waals surface area contributed by atoms with Gasteiger partial charge in [0.15, 0.2) is 0 Å². The molecular formula is C21H26N2O2. The van der Waals surface area contributed by atoms with Crippen LogP contribution >= 0.6 is 0 Å². The lowest BCUT2D eigenvalue weighted by Crippen LogP contribution is -2.40. The lowest BCUT2D eigenvalue weighted by atomic mass is 10.0. The first-order chi connectivity index (χ1) is 11.7. The molecule has 2 amide bonds. The van der Waals surface area contributed by atoms with Crippen molar-refractivity contribution in [3.8, 4) is 0 Å². The molecule has 0 aliphatic carbocycles. The highest BCUT2D eigenvalue weighted by atomic mass is 16.2. The van der Waals surface area contributed by atoms with Gasteiger partial charge in [0.25, 0.3) is 11.8 Å². The van der Waals surface area contributed by atoms with Crippen LogP contribution in [0.5, 0.6) is 0 Å². The molecule has 25 heavy (non-hydrogen) atoms. The standard InChI is InChI=1S/C21H26N2O2/c1-6-15-9-7-8-14(2)18(15)22-19(24)16-10-12-17(13-11-16)20(25)23-21(3,4)5/h7-13H,6H2,1-5H3,(H,22,24)(H,23,25). The zero-order chi connectivity index (χ0) is 18.6. The Balaban J connectivity index is 2.15. The average molecular weight is 338 g/mol. The molecule has 0 fully saturated rings. The van der Waals surface area contributed by atoms with E-state index in [0.717, 1.165) is 23.2 Å². The first-order valence-corrected chi connectivity index (χ1v) is 8.53. The second kappa shape index (κ2) is 7.51. The van der Waals surface area contributed by atoms with E-state index in [0.29, 0.717) is 11.1 Å². The number of hydrogen-bond acceptors (Lipinski definition) is 2. The van der Waals surface area contributed by atoms with Gasteiger partial charge in [-0.25, -0.2) is 0 Å². The molecule has 2 aromatic carbocycles. The van der Waals surface area contributed by atoms with E-state index in [1.54, 1.807) is 24.3 Å². The zero-order valence-corrected chi connectivity index (χ0v) is 15.6. The number of carbonyl (C=O) groups is 2. The fourth-order valence-corrected chi connectivity index (χ4v) is 2.57. The van der Waals surface area contributed by atoms with Crippen molar-refractivity contribution in [1.82, 2.24) is 5.32 Å². The molecule has 132 valence electrons. The maximum Gasteiger partial charge on any atom is 0.255 e. The molecule has 0 aromatic heterocycles. The molecule has 0 atom stereocenters. The van der Waals surface area contributed by atoms with Crippen molar-refractivity contribution in [2.24, 2.45) is 0 Å². The van der Waals surface area contributed by atoms with E-state index in [-0.39, 0.29) is 17.4 Å². The Morgan fingerprint density at radius 2 is 1.48 bits per heavy atom. The van der Waals surface area contributed by atoms with Gasteiger partial charge in [-0.2, -0.15) is 0 Å². The third-order valence-corrected chi connectivity index (χ3v) is 3.88. The number of amides is 2. The third-order valence-electron chi connectivity index (χ3n) is 3.88. The van der Waals surface area contributed by atoms with Gasteiger partial charge in [0.05, 0.1) is 0 Å². The lowest BCUT2D eigenvalue weighted by Gasteiger charge is -2.20. The second-order valence-corrected chi connectivity index (χ2v) is 7.20. The molecule has 0 bridgehead atoms. The van der Waals surface area contributed by atoms with Gasteiger partial charge in [-0.3, -0.25) is 9.59 Å². The molecule has 2 N–H and O–H groups in total. The van der Waals surface area contributed by atoms with Gasteiger partial charge in [-0.05, 0) is 69.5 Å². The normalized spacial score (nSPS) is 11.1. The molecule has 0 spiro atoms. The SMILES string of the molecule is CCc1cccc(C)c1NC(=O)c1ccc(C(=O)NC(C)(C)C)cc1. The first-order valence-electron chi connectivity index (χ1n) is 8.53. The van der Waals surface area contributed by atoms with Gasteiger partial charge in [0.1, 0.15) is 0 Å². The largest absolute Gasteiger partial charge is 0.347 e. The van der Waals surface area contributed by atoms with Crippen molar-refractivity contribution < 1.29 is 9.59 Å². The summed E-state index contributed by atoms with van der Waals surface area (Å²) in [7, 11) is 0. The van der Waals surface area contributed by atoms with Crippen LogP contribution in [0.15, 0.2) is 42.5 Å². The molecule has 2 rings (SSSR count). The third kappa shape index (κ3) is 4.92. The van der Waals surface area contributed by atoms with Crippen molar-refractivity contribution in [1.29, 1.82) is 0 Å². The number of para-hydroxylation sites is 1. The molecule has 4 nitrogen and oxygen atoms in total. The van der Waals surface area contributed by atoms with E-state index in [1.165, 1.54) is 0 Å². The van der Waals surface area contributed by atoms with Crippen LogP contribution in [0, 0.1) is 6.92 Å². The molecule has 2 aromatic rings. The van der Waals surface area contributed by atoms with Crippen molar-refractivity contribution >= 4 is 17.5 Å². The van der Waals surface area contributed by atoms with Crippen LogP contribution in [0.3, 0.4) is 0 Å². The fraction of sp³-hybridized carbons (Fsp3) is 0.333. The first kappa shape index (κ1) is 18.7.